The lowest BCUT2D eigenvalue weighted by molar-refractivity contribution is -0.134. The van der Waals surface area contributed by atoms with Crippen molar-refractivity contribution in [1.29, 1.82) is 0 Å². The molecule has 3 atom stereocenters. The molecule has 0 aromatic heterocycles. The smallest absolute Gasteiger partial charge is 0.108 e. The molecule has 1 aliphatic carbocycles. The first-order valence-electron chi connectivity index (χ1n) is 7.29. The van der Waals surface area contributed by atoms with Gasteiger partial charge in [-0.3, -0.25) is 0 Å². The largest absolute Gasteiger partial charge is 0.385 e. The van der Waals surface area contributed by atoms with Crippen molar-refractivity contribution >= 4 is 0 Å². The van der Waals surface area contributed by atoms with E-state index in [2.05, 4.69) is 32.9 Å². The lowest BCUT2D eigenvalue weighted by Gasteiger charge is -2.42. The molecule has 1 fully saturated rings. The summed E-state index contributed by atoms with van der Waals surface area (Å²) in [6.07, 6.45) is 3.74. The first-order valence-corrected chi connectivity index (χ1v) is 7.29. The number of aliphatic hydroxyl groups is 1. The highest BCUT2D eigenvalue weighted by Crippen LogP contribution is 2.43. The molecule has 2 rings (SSSR count). The van der Waals surface area contributed by atoms with Crippen molar-refractivity contribution in [3.63, 3.8) is 0 Å². The van der Waals surface area contributed by atoms with E-state index in [0.717, 1.165) is 24.8 Å². The molecule has 0 spiro atoms. The Morgan fingerprint density at radius 3 is 2.63 bits per heavy atom. The summed E-state index contributed by atoms with van der Waals surface area (Å²) in [5.74, 6) is 0.620. The van der Waals surface area contributed by atoms with Gasteiger partial charge in [0.05, 0.1) is 5.60 Å². The SMILES string of the molecule is COC1(C(O)c2ccc(C)c(C)c2)CCCC(C)C1. The zero-order valence-electron chi connectivity index (χ0n) is 12.6. The Hall–Kier alpha value is -0.860. The highest BCUT2D eigenvalue weighted by molar-refractivity contribution is 5.32. The van der Waals surface area contributed by atoms with Crippen molar-refractivity contribution in [2.24, 2.45) is 5.92 Å². The van der Waals surface area contributed by atoms with Gasteiger partial charge in [0.25, 0.3) is 0 Å². The van der Waals surface area contributed by atoms with E-state index in [9.17, 15) is 5.11 Å². The normalized spacial score (nSPS) is 29.2. The number of ether oxygens (including phenoxy) is 1. The summed E-state index contributed by atoms with van der Waals surface area (Å²) in [6, 6.07) is 6.22. The van der Waals surface area contributed by atoms with Gasteiger partial charge < -0.3 is 9.84 Å². The molecule has 0 heterocycles. The Morgan fingerprint density at radius 2 is 2.05 bits per heavy atom. The Morgan fingerprint density at radius 1 is 1.32 bits per heavy atom. The van der Waals surface area contributed by atoms with E-state index >= 15 is 0 Å². The van der Waals surface area contributed by atoms with Crippen LogP contribution in [0.1, 0.15) is 55.4 Å². The molecule has 1 N–H and O–H groups in total. The molecule has 0 bridgehead atoms. The summed E-state index contributed by atoms with van der Waals surface area (Å²) < 4.78 is 5.79. The van der Waals surface area contributed by atoms with E-state index in [4.69, 9.17) is 4.74 Å². The van der Waals surface area contributed by atoms with Gasteiger partial charge in [-0.2, -0.15) is 0 Å². The summed E-state index contributed by atoms with van der Waals surface area (Å²) in [7, 11) is 1.74. The summed E-state index contributed by atoms with van der Waals surface area (Å²) in [6.45, 7) is 6.44. The van der Waals surface area contributed by atoms with Gasteiger partial charge in [0.15, 0.2) is 0 Å². The number of rotatable bonds is 3. The molecule has 0 saturated heterocycles. The third-order valence-corrected chi connectivity index (χ3v) is 4.74. The van der Waals surface area contributed by atoms with Crippen molar-refractivity contribution < 1.29 is 9.84 Å². The van der Waals surface area contributed by atoms with E-state index in [0.29, 0.717) is 5.92 Å². The van der Waals surface area contributed by atoms with Crippen LogP contribution in [-0.2, 0) is 4.74 Å². The lowest BCUT2D eigenvalue weighted by Crippen LogP contribution is -2.42. The summed E-state index contributed by atoms with van der Waals surface area (Å²) in [4.78, 5) is 0. The van der Waals surface area contributed by atoms with Crippen LogP contribution in [0.4, 0.5) is 0 Å². The van der Waals surface area contributed by atoms with E-state index in [1.807, 2.05) is 6.07 Å². The Kier molecular flexibility index (Phi) is 4.32. The van der Waals surface area contributed by atoms with Crippen molar-refractivity contribution in [3.8, 4) is 0 Å². The van der Waals surface area contributed by atoms with Gasteiger partial charge in [-0.25, -0.2) is 0 Å². The number of methoxy groups -OCH3 is 1. The average molecular weight is 262 g/mol. The maximum absolute atomic E-state index is 10.8. The molecule has 0 radical (unpaired) electrons. The molecule has 1 aliphatic rings. The molecule has 2 heteroatoms. The fraction of sp³-hybridized carbons (Fsp3) is 0.647. The maximum Gasteiger partial charge on any atom is 0.108 e. The number of hydrogen-bond acceptors (Lipinski definition) is 2. The second-order valence-electron chi connectivity index (χ2n) is 6.22. The quantitative estimate of drug-likeness (QED) is 0.894. The Bertz CT molecular complexity index is 441. The van der Waals surface area contributed by atoms with Crippen LogP contribution >= 0.6 is 0 Å². The first-order chi connectivity index (χ1) is 8.98. The standard InChI is InChI=1S/C17H26O2/c1-12-6-5-9-17(11-12,19-4)16(18)15-8-7-13(2)14(3)10-15/h7-8,10,12,16,18H,5-6,9,11H2,1-4H3. The predicted octanol–water partition coefficient (Wildman–Crippen LogP) is 3.93. The minimum atomic E-state index is -0.528. The number of aryl methyl sites for hydroxylation is 2. The van der Waals surface area contributed by atoms with Gasteiger partial charge in [-0.05, 0) is 49.3 Å². The van der Waals surface area contributed by atoms with Crippen LogP contribution in [0, 0.1) is 19.8 Å². The molecule has 1 aromatic carbocycles. The summed E-state index contributed by atoms with van der Waals surface area (Å²) >= 11 is 0. The van der Waals surface area contributed by atoms with E-state index in [-0.39, 0.29) is 0 Å². The van der Waals surface area contributed by atoms with Gasteiger partial charge in [0.1, 0.15) is 6.10 Å². The molecule has 0 amide bonds. The van der Waals surface area contributed by atoms with E-state index < -0.39 is 11.7 Å². The van der Waals surface area contributed by atoms with Crippen molar-refractivity contribution in [3.05, 3.63) is 34.9 Å². The van der Waals surface area contributed by atoms with Crippen LogP contribution in [0.25, 0.3) is 0 Å². The van der Waals surface area contributed by atoms with Crippen LogP contribution in [0.15, 0.2) is 18.2 Å². The fourth-order valence-electron chi connectivity index (χ4n) is 3.33. The van der Waals surface area contributed by atoms with Crippen LogP contribution < -0.4 is 0 Å². The molecule has 1 saturated carbocycles. The molecule has 2 nitrogen and oxygen atoms in total. The average Bonchev–Trinajstić information content (AvgIpc) is 2.41. The predicted molar refractivity (Wildman–Crippen MR) is 78.2 cm³/mol. The van der Waals surface area contributed by atoms with Crippen LogP contribution in [0.3, 0.4) is 0 Å². The highest BCUT2D eigenvalue weighted by Gasteiger charge is 2.42. The summed E-state index contributed by atoms with van der Waals surface area (Å²) in [5.41, 5.74) is 3.07. The monoisotopic (exact) mass is 262 g/mol. The molecular formula is C17H26O2. The molecule has 3 unspecified atom stereocenters. The zero-order valence-corrected chi connectivity index (χ0v) is 12.6. The van der Waals surface area contributed by atoms with E-state index in [1.165, 1.54) is 17.5 Å². The fourth-order valence-corrected chi connectivity index (χ4v) is 3.33. The zero-order chi connectivity index (χ0) is 14.0. The van der Waals surface area contributed by atoms with Gasteiger partial charge in [0, 0.05) is 7.11 Å². The third kappa shape index (κ3) is 2.85. The van der Waals surface area contributed by atoms with Crippen LogP contribution in [0.5, 0.6) is 0 Å². The minimum absolute atomic E-state index is 0.403. The summed E-state index contributed by atoms with van der Waals surface area (Å²) in [5, 5.41) is 10.8. The maximum atomic E-state index is 10.8. The van der Waals surface area contributed by atoms with Crippen molar-refractivity contribution in [2.75, 3.05) is 7.11 Å². The Labute approximate surface area is 116 Å². The number of hydrogen-bond donors (Lipinski definition) is 1. The molecule has 0 aliphatic heterocycles. The van der Waals surface area contributed by atoms with Crippen LogP contribution in [-0.4, -0.2) is 17.8 Å². The highest BCUT2D eigenvalue weighted by atomic mass is 16.5. The Balaban J connectivity index is 2.29. The van der Waals surface area contributed by atoms with Gasteiger partial charge >= 0.3 is 0 Å². The van der Waals surface area contributed by atoms with Crippen molar-refractivity contribution in [1.82, 2.24) is 0 Å². The topological polar surface area (TPSA) is 29.5 Å². The molecular weight excluding hydrogens is 236 g/mol. The van der Waals surface area contributed by atoms with Crippen LogP contribution in [0.2, 0.25) is 0 Å². The van der Waals surface area contributed by atoms with Gasteiger partial charge in [0.2, 0.25) is 0 Å². The molecule has 106 valence electrons. The molecule has 1 aromatic rings. The van der Waals surface area contributed by atoms with Gasteiger partial charge in [-0.15, -0.1) is 0 Å². The van der Waals surface area contributed by atoms with Gasteiger partial charge in [-0.1, -0.05) is 38.0 Å². The number of benzene rings is 1. The minimum Gasteiger partial charge on any atom is -0.385 e. The second kappa shape index (κ2) is 5.64. The van der Waals surface area contributed by atoms with Crippen molar-refractivity contribution in [2.45, 2.75) is 58.2 Å². The number of aliphatic hydroxyl groups excluding tert-OH is 1. The molecule has 19 heavy (non-hydrogen) atoms. The first kappa shape index (κ1) is 14.5. The third-order valence-electron chi connectivity index (χ3n) is 4.74. The van der Waals surface area contributed by atoms with E-state index in [1.54, 1.807) is 7.11 Å². The lowest BCUT2D eigenvalue weighted by atomic mass is 9.74. The second-order valence-corrected chi connectivity index (χ2v) is 6.22.